The van der Waals surface area contributed by atoms with E-state index in [4.69, 9.17) is 14.9 Å². The van der Waals surface area contributed by atoms with E-state index >= 15 is 0 Å². The van der Waals surface area contributed by atoms with Crippen LogP contribution in [-0.2, 0) is 11.3 Å². The normalized spacial score (nSPS) is 15.0. The highest BCUT2D eigenvalue weighted by Crippen LogP contribution is 2.28. The van der Waals surface area contributed by atoms with Crippen molar-refractivity contribution in [2.24, 2.45) is 0 Å². The maximum atomic E-state index is 13.4. The number of carboxylic acids is 1. The Balaban J connectivity index is 0.000000370. The van der Waals surface area contributed by atoms with Crippen LogP contribution < -0.4 is 5.32 Å². The van der Waals surface area contributed by atoms with E-state index in [2.05, 4.69) is 5.32 Å². The molecule has 0 spiro atoms. The van der Waals surface area contributed by atoms with Gasteiger partial charge < -0.3 is 20.1 Å². The van der Waals surface area contributed by atoms with Gasteiger partial charge in [0.1, 0.15) is 11.6 Å². The number of carboxylic acid groups (broad SMARTS) is 1. The molecule has 3 N–H and O–H groups in total. The first kappa shape index (κ1) is 22.8. The Morgan fingerprint density at radius 1 is 1.31 bits per heavy atom. The number of aliphatic carboxylic acids is 1. The van der Waals surface area contributed by atoms with Gasteiger partial charge in [0.25, 0.3) is 0 Å². The lowest BCUT2D eigenvalue weighted by Crippen LogP contribution is -2.28. The fourth-order valence-corrected chi connectivity index (χ4v) is 3.07. The molecule has 10 heteroatoms. The molecule has 2 heterocycles. The van der Waals surface area contributed by atoms with Crippen LogP contribution in [0.1, 0.15) is 30.1 Å². The molecule has 0 amide bonds. The molecule has 0 atom stereocenters. The van der Waals surface area contributed by atoms with E-state index in [1.54, 1.807) is 13.0 Å². The third kappa shape index (κ3) is 6.26. The maximum Gasteiger partial charge on any atom is 0.490 e. The minimum atomic E-state index is -5.08. The van der Waals surface area contributed by atoms with Crippen LogP contribution in [0.15, 0.2) is 24.4 Å². The molecule has 1 aliphatic heterocycles. The second-order valence-electron chi connectivity index (χ2n) is 6.69. The van der Waals surface area contributed by atoms with Gasteiger partial charge in [0.05, 0.1) is 12.3 Å². The molecule has 29 heavy (non-hydrogen) atoms. The van der Waals surface area contributed by atoms with E-state index in [9.17, 15) is 22.7 Å². The lowest BCUT2D eigenvalue weighted by atomic mass is 9.97. The zero-order chi connectivity index (χ0) is 21.6. The van der Waals surface area contributed by atoms with Gasteiger partial charge in [0.2, 0.25) is 0 Å². The van der Waals surface area contributed by atoms with Gasteiger partial charge in [-0.3, -0.25) is 0 Å². The number of benzene rings is 1. The first-order chi connectivity index (χ1) is 13.6. The molecule has 3 rings (SSSR count). The van der Waals surface area contributed by atoms with Crippen LogP contribution in [0.5, 0.6) is 0 Å². The number of imidazole rings is 1. The van der Waals surface area contributed by atoms with E-state index in [-0.39, 0.29) is 12.4 Å². The third-order valence-corrected chi connectivity index (χ3v) is 4.55. The summed E-state index contributed by atoms with van der Waals surface area (Å²) in [4.78, 5) is 13.7. The standard InChI is InChI=1S/C17H22FN3O.C2HF3O2/c1-12-10-14(2-3-15(12)18)16-11-21(8-9-22)17(20-16)13-4-6-19-7-5-13;3-2(4,5)1(6)7/h2-3,10-11,13,19,22H,4-9H2,1H3;(H,6,7). The van der Waals surface area contributed by atoms with Gasteiger partial charge in [-0.2, -0.15) is 13.2 Å². The Morgan fingerprint density at radius 3 is 2.45 bits per heavy atom. The van der Waals surface area contributed by atoms with Crippen molar-refractivity contribution in [3.63, 3.8) is 0 Å². The predicted octanol–water partition coefficient (Wildman–Crippen LogP) is 3.09. The Bertz CT molecular complexity index is 831. The van der Waals surface area contributed by atoms with Crippen LogP contribution in [-0.4, -0.2) is 51.6 Å². The summed E-state index contributed by atoms with van der Waals surface area (Å²) in [7, 11) is 0. The monoisotopic (exact) mass is 417 g/mol. The van der Waals surface area contributed by atoms with Crippen LogP contribution in [0, 0.1) is 12.7 Å². The van der Waals surface area contributed by atoms with Crippen molar-refractivity contribution in [3.8, 4) is 11.3 Å². The van der Waals surface area contributed by atoms with Crippen molar-refractivity contribution in [2.45, 2.75) is 38.4 Å². The summed E-state index contributed by atoms with van der Waals surface area (Å²) >= 11 is 0. The first-order valence-corrected chi connectivity index (χ1v) is 9.08. The number of halogens is 4. The lowest BCUT2D eigenvalue weighted by molar-refractivity contribution is -0.192. The number of rotatable bonds is 4. The fraction of sp³-hybridized carbons (Fsp3) is 0.474. The number of nitrogens with zero attached hydrogens (tertiary/aromatic N) is 2. The Kier molecular flexibility index (Phi) is 7.74. The topological polar surface area (TPSA) is 87.4 Å². The first-order valence-electron chi connectivity index (χ1n) is 9.08. The average Bonchev–Trinajstić information content (AvgIpc) is 3.09. The zero-order valence-corrected chi connectivity index (χ0v) is 15.8. The van der Waals surface area contributed by atoms with Crippen LogP contribution in [0.4, 0.5) is 17.6 Å². The van der Waals surface area contributed by atoms with E-state index in [1.807, 2.05) is 16.8 Å². The van der Waals surface area contributed by atoms with Gasteiger partial charge in [-0.15, -0.1) is 0 Å². The van der Waals surface area contributed by atoms with Crippen molar-refractivity contribution < 1.29 is 32.6 Å². The molecule has 0 bridgehead atoms. The summed E-state index contributed by atoms with van der Waals surface area (Å²) in [6.07, 6.45) is -0.991. The van der Waals surface area contributed by atoms with E-state index in [0.717, 1.165) is 43.0 Å². The average molecular weight is 417 g/mol. The highest BCUT2D eigenvalue weighted by molar-refractivity contribution is 5.73. The van der Waals surface area contributed by atoms with Gasteiger partial charge in [-0.05, 0) is 56.6 Å². The number of aliphatic hydroxyl groups is 1. The number of aliphatic hydroxyl groups excluding tert-OH is 1. The summed E-state index contributed by atoms with van der Waals surface area (Å²) in [6.45, 7) is 4.41. The molecule has 1 aliphatic rings. The minimum Gasteiger partial charge on any atom is -0.475 e. The fourth-order valence-electron chi connectivity index (χ4n) is 3.07. The number of carbonyl (C=O) groups is 1. The number of piperidine rings is 1. The lowest BCUT2D eigenvalue weighted by Gasteiger charge is -2.22. The molecule has 160 valence electrons. The summed E-state index contributed by atoms with van der Waals surface area (Å²) in [5, 5.41) is 19.8. The molecular weight excluding hydrogens is 394 g/mol. The third-order valence-electron chi connectivity index (χ3n) is 4.55. The van der Waals surface area contributed by atoms with Gasteiger partial charge in [0.15, 0.2) is 0 Å². The predicted molar refractivity (Wildman–Crippen MR) is 98.0 cm³/mol. The molecule has 1 aromatic carbocycles. The molecule has 1 saturated heterocycles. The van der Waals surface area contributed by atoms with Gasteiger partial charge in [-0.1, -0.05) is 0 Å². The van der Waals surface area contributed by atoms with E-state index < -0.39 is 12.1 Å². The minimum absolute atomic E-state index is 0.0935. The summed E-state index contributed by atoms with van der Waals surface area (Å²) in [5.41, 5.74) is 2.40. The Morgan fingerprint density at radius 2 is 1.93 bits per heavy atom. The number of alkyl halides is 3. The van der Waals surface area contributed by atoms with Crippen molar-refractivity contribution in [2.75, 3.05) is 19.7 Å². The number of nitrogens with one attached hydrogen (secondary N) is 1. The molecule has 6 nitrogen and oxygen atoms in total. The van der Waals surface area contributed by atoms with Gasteiger partial charge in [-0.25, -0.2) is 14.2 Å². The van der Waals surface area contributed by atoms with Crippen molar-refractivity contribution in [1.82, 2.24) is 14.9 Å². The van der Waals surface area contributed by atoms with Crippen LogP contribution in [0.3, 0.4) is 0 Å². The molecule has 0 unspecified atom stereocenters. The highest BCUT2D eigenvalue weighted by atomic mass is 19.4. The second kappa shape index (κ2) is 9.84. The van der Waals surface area contributed by atoms with Crippen molar-refractivity contribution in [1.29, 1.82) is 0 Å². The molecule has 1 aromatic heterocycles. The molecule has 2 aromatic rings. The van der Waals surface area contributed by atoms with Crippen LogP contribution in [0.25, 0.3) is 11.3 Å². The molecular formula is C19H23F4N3O3. The largest absolute Gasteiger partial charge is 0.490 e. The van der Waals surface area contributed by atoms with Gasteiger partial charge in [0, 0.05) is 24.2 Å². The molecule has 1 fully saturated rings. The zero-order valence-electron chi connectivity index (χ0n) is 15.8. The SMILES string of the molecule is Cc1cc(-c2cn(CCO)c(C3CCNCC3)n2)ccc1F.O=C(O)C(F)(F)F. The highest BCUT2D eigenvalue weighted by Gasteiger charge is 2.38. The number of hydrogen-bond acceptors (Lipinski definition) is 4. The maximum absolute atomic E-state index is 13.4. The summed E-state index contributed by atoms with van der Waals surface area (Å²) < 4.78 is 47.2. The quantitative estimate of drug-likeness (QED) is 0.666. The smallest absolute Gasteiger partial charge is 0.475 e. The second-order valence-corrected chi connectivity index (χ2v) is 6.69. The van der Waals surface area contributed by atoms with Crippen LogP contribution in [0.2, 0.25) is 0 Å². The van der Waals surface area contributed by atoms with Crippen molar-refractivity contribution >= 4 is 5.97 Å². The number of aromatic nitrogens is 2. The molecule has 0 radical (unpaired) electrons. The number of hydrogen-bond donors (Lipinski definition) is 3. The molecule has 0 aliphatic carbocycles. The van der Waals surface area contributed by atoms with E-state index in [0.29, 0.717) is 18.0 Å². The number of aryl methyl sites for hydroxylation is 1. The molecule has 0 saturated carbocycles. The van der Waals surface area contributed by atoms with Gasteiger partial charge >= 0.3 is 12.1 Å². The Hall–Kier alpha value is -2.46. The van der Waals surface area contributed by atoms with E-state index in [1.165, 1.54) is 6.07 Å². The Labute approximate surface area is 165 Å². The van der Waals surface area contributed by atoms with Crippen molar-refractivity contribution in [3.05, 3.63) is 41.6 Å². The summed E-state index contributed by atoms with van der Waals surface area (Å²) in [5.74, 6) is -1.50. The van der Waals surface area contributed by atoms with Crippen LogP contribution >= 0.6 is 0 Å². The summed E-state index contributed by atoms with van der Waals surface area (Å²) in [6, 6.07) is 5.08.